The van der Waals surface area contributed by atoms with Crippen LogP contribution >= 0.6 is 0 Å². The first-order chi connectivity index (χ1) is 3.62. The van der Waals surface area contributed by atoms with Gasteiger partial charge in [0.2, 0.25) is 0 Å². The molecule has 0 radical (unpaired) electrons. The molecule has 0 rings (SSSR count). The molecule has 0 atom stereocenters. The highest BCUT2D eigenvalue weighted by molar-refractivity contribution is 6.68. The first-order valence-electron chi connectivity index (χ1n) is 2.37. The summed E-state index contributed by atoms with van der Waals surface area (Å²) in [5.74, 6) is 0. The summed E-state index contributed by atoms with van der Waals surface area (Å²) in [7, 11) is -2.20. The topological polar surface area (TPSA) is 18.5 Å². The predicted molar refractivity (Wildman–Crippen MR) is 40.2 cm³/mol. The average molecular weight is 194 g/mol. The van der Waals surface area contributed by atoms with Gasteiger partial charge in [-0.15, -0.1) is 0 Å². The summed E-state index contributed by atoms with van der Waals surface area (Å²) < 4.78 is 21.2. The van der Waals surface area contributed by atoms with Crippen LogP contribution in [-0.2, 0) is 8.54 Å². The highest BCUT2D eigenvalue weighted by Crippen LogP contribution is 2.01. The summed E-state index contributed by atoms with van der Waals surface area (Å²) >= 11 is 0. The van der Waals surface area contributed by atoms with E-state index in [0.717, 1.165) is 0 Å². The molecule has 0 bridgehead atoms. The SMILES string of the molecule is CO[Si](C)(C)O[SiH2]F.F.F. The van der Waals surface area contributed by atoms with E-state index in [4.69, 9.17) is 8.54 Å². The molecule has 0 amide bonds. The van der Waals surface area contributed by atoms with Crippen LogP contribution < -0.4 is 0 Å². The fourth-order valence-electron chi connectivity index (χ4n) is 0.190. The Morgan fingerprint density at radius 3 is 1.80 bits per heavy atom. The molecule has 66 valence electrons. The quantitative estimate of drug-likeness (QED) is 0.484. The van der Waals surface area contributed by atoms with Crippen molar-refractivity contribution in [2.24, 2.45) is 0 Å². The summed E-state index contributed by atoms with van der Waals surface area (Å²) in [6.45, 7) is 3.64. The van der Waals surface area contributed by atoms with Gasteiger partial charge in [0.25, 0.3) is 0 Å². The monoisotopic (exact) mass is 194 g/mol. The van der Waals surface area contributed by atoms with Gasteiger partial charge in [0.15, 0.2) is 0 Å². The Morgan fingerprint density at radius 1 is 1.30 bits per heavy atom. The normalized spacial score (nSPS) is 10.8. The van der Waals surface area contributed by atoms with E-state index >= 15 is 0 Å². The molecular formula is C3H13F3O2Si2. The number of halogens is 3. The Labute approximate surface area is 61.8 Å². The molecule has 7 heteroatoms. The molecule has 0 unspecified atom stereocenters. The van der Waals surface area contributed by atoms with Crippen LogP contribution in [0.15, 0.2) is 0 Å². The van der Waals surface area contributed by atoms with Gasteiger partial charge in [-0.05, 0) is 13.1 Å². The lowest BCUT2D eigenvalue weighted by molar-refractivity contribution is 0.312. The van der Waals surface area contributed by atoms with Gasteiger partial charge in [-0.2, -0.15) is 0 Å². The van der Waals surface area contributed by atoms with E-state index in [1.165, 1.54) is 0 Å². The van der Waals surface area contributed by atoms with Crippen molar-refractivity contribution in [3.8, 4) is 0 Å². The van der Waals surface area contributed by atoms with Gasteiger partial charge in [0, 0.05) is 7.11 Å². The molecule has 0 aliphatic carbocycles. The Bertz CT molecular complexity index is 72.8. The molecule has 0 aromatic carbocycles. The second-order valence-electron chi connectivity index (χ2n) is 1.86. The molecular weight excluding hydrogens is 181 g/mol. The van der Waals surface area contributed by atoms with E-state index in [0.29, 0.717) is 0 Å². The van der Waals surface area contributed by atoms with E-state index in [1.54, 1.807) is 7.11 Å². The van der Waals surface area contributed by atoms with Gasteiger partial charge in [0.1, 0.15) is 0 Å². The fraction of sp³-hybridized carbons (Fsp3) is 1.00. The third-order valence-electron chi connectivity index (χ3n) is 0.894. The van der Waals surface area contributed by atoms with E-state index in [9.17, 15) is 4.11 Å². The lowest BCUT2D eigenvalue weighted by atomic mass is 11.8. The van der Waals surface area contributed by atoms with Crippen molar-refractivity contribution in [1.82, 2.24) is 0 Å². The second-order valence-corrected chi connectivity index (χ2v) is 6.44. The molecule has 2 nitrogen and oxygen atoms in total. The number of rotatable bonds is 3. The zero-order chi connectivity index (χ0) is 6.62. The smallest absolute Gasteiger partial charge is 0.345 e. The zero-order valence-corrected chi connectivity index (χ0v) is 8.63. The van der Waals surface area contributed by atoms with Crippen LogP contribution in [-0.4, -0.2) is 25.8 Å². The third kappa shape index (κ3) is 8.14. The Kier molecular flexibility index (Phi) is 12.1. The first kappa shape index (κ1) is 16.6. The first-order valence-corrected chi connectivity index (χ1v) is 6.30. The molecule has 0 aliphatic heterocycles. The number of hydrogen-bond donors (Lipinski definition) is 0. The van der Waals surface area contributed by atoms with E-state index in [2.05, 4.69) is 0 Å². The molecule has 0 aromatic heterocycles. The molecule has 0 saturated heterocycles. The lowest BCUT2D eigenvalue weighted by Crippen LogP contribution is -2.33. The lowest BCUT2D eigenvalue weighted by Gasteiger charge is -2.17. The van der Waals surface area contributed by atoms with E-state index in [1.807, 2.05) is 13.1 Å². The fourth-order valence-corrected chi connectivity index (χ4v) is 1.71. The second kappa shape index (κ2) is 7.25. The van der Waals surface area contributed by atoms with E-state index in [-0.39, 0.29) is 9.41 Å². The van der Waals surface area contributed by atoms with Gasteiger partial charge < -0.3 is 8.54 Å². The van der Waals surface area contributed by atoms with Crippen LogP contribution in [0.1, 0.15) is 0 Å². The van der Waals surface area contributed by atoms with E-state index < -0.39 is 18.7 Å². The van der Waals surface area contributed by atoms with Crippen molar-refractivity contribution in [1.29, 1.82) is 0 Å². The molecule has 10 heavy (non-hydrogen) atoms. The largest absolute Gasteiger partial charge is 0.416 e. The third-order valence-corrected chi connectivity index (χ3v) is 5.09. The summed E-state index contributed by atoms with van der Waals surface area (Å²) in [6, 6.07) is 0. The number of hydrogen-bond acceptors (Lipinski definition) is 2. The van der Waals surface area contributed by atoms with Crippen LogP contribution in [0.5, 0.6) is 0 Å². The summed E-state index contributed by atoms with van der Waals surface area (Å²) in [4.78, 5) is 0. The van der Waals surface area contributed by atoms with Gasteiger partial charge in [-0.3, -0.25) is 13.5 Å². The minimum Gasteiger partial charge on any atom is -0.416 e. The highest BCUT2D eigenvalue weighted by atomic mass is 28.4. The zero-order valence-electron chi connectivity index (χ0n) is 6.22. The Morgan fingerprint density at radius 2 is 1.70 bits per heavy atom. The molecule has 0 saturated carbocycles. The van der Waals surface area contributed by atoms with Crippen molar-refractivity contribution in [3.05, 3.63) is 0 Å². The Hall–Kier alpha value is 0.144. The summed E-state index contributed by atoms with van der Waals surface area (Å²) in [5.41, 5.74) is 0. The highest BCUT2D eigenvalue weighted by Gasteiger charge is 2.21. The standard InChI is InChI=1S/C3H11FO2Si2.2FH/c1-5-8(2,3)6-7-4;;/h7H2,1-3H3;2*1H. The van der Waals surface area contributed by atoms with Crippen molar-refractivity contribution < 1.29 is 22.1 Å². The maximum atomic E-state index is 11.5. The van der Waals surface area contributed by atoms with Crippen LogP contribution in [0.25, 0.3) is 0 Å². The van der Waals surface area contributed by atoms with Crippen LogP contribution in [0.2, 0.25) is 13.1 Å². The maximum absolute atomic E-state index is 11.5. The van der Waals surface area contributed by atoms with Gasteiger partial charge in [0.05, 0.1) is 0 Å². The molecule has 0 spiro atoms. The van der Waals surface area contributed by atoms with Gasteiger partial charge >= 0.3 is 18.7 Å². The molecule has 0 aromatic rings. The predicted octanol–water partition coefficient (Wildman–Crippen LogP) is 0.624. The van der Waals surface area contributed by atoms with Crippen LogP contribution in [0, 0.1) is 0 Å². The molecule has 0 heterocycles. The van der Waals surface area contributed by atoms with Crippen molar-refractivity contribution in [2.75, 3.05) is 7.11 Å². The molecule has 0 N–H and O–H groups in total. The van der Waals surface area contributed by atoms with Crippen LogP contribution in [0.4, 0.5) is 13.5 Å². The van der Waals surface area contributed by atoms with Gasteiger partial charge in [-0.25, -0.2) is 0 Å². The van der Waals surface area contributed by atoms with Crippen molar-refractivity contribution in [2.45, 2.75) is 13.1 Å². The minimum absolute atomic E-state index is 0. The van der Waals surface area contributed by atoms with Crippen molar-refractivity contribution in [3.63, 3.8) is 0 Å². The molecule has 0 fully saturated rings. The van der Waals surface area contributed by atoms with Gasteiger partial charge in [-0.1, -0.05) is 0 Å². The maximum Gasteiger partial charge on any atom is 0.345 e. The molecule has 0 aliphatic rings. The average Bonchev–Trinajstić information content (AvgIpc) is 1.67. The Balaban J connectivity index is -0.000000245. The summed E-state index contributed by atoms with van der Waals surface area (Å²) in [6.07, 6.45) is 0. The summed E-state index contributed by atoms with van der Waals surface area (Å²) in [5, 5.41) is 0. The van der Waals surface area contributed by atoms with Crippen LogP contribution in [0.3, 0.4) is 0 Å². The van der Waals surface area contributed by atoms with Crippen molar-refractivity contribution >= 4 is 18.7 Å². The minimum atomic E-state index is -1.99.